The van der Waals surface area contributed by atoms with E-state index in [0.29, 0.717) is 0 Å². The number of Topliss-reactive ketones (excluding diaryl/α,β-unsaturated/α-hetero) is 1. The van der Waals surface area contributed by atoms with Crippen molar-refractivity contribution in [2.45, 2.75) is 40.0 Å². The van der Waals surface area contributed by atoms with E-state index in [2.05, 4.69) is 6.92 Å². The number of rotatable bonds is 6. The van der Waals surface area contributed by atoms with Crippen molar-refractivity contribution in [2.75, 3.05) is 0 Å². The molecule has 0 amide bonds. The lowest BCUT2D eigenvalue weighted by atomic mass is 10.1. The van der Waals surface area contributed by atoms with Gasteiger partial charge >= 0.3 is 5.97 Å². The van der Waals surface area contributed by atoms with E-state index in [1.54, 1.807) is 13.0 Å². The number of ether oxygens (including phenoxy) is 1. The Morgan fingerprint density at radius 1 is 1.43 bits per heavy atom. The van der Waals surface area contributed by atoms with E-state index in [9.17, 15) is 9.59 Å². The maximum absolute atomic E-state index is 11.1. The number of carbonyl (C=O) groups excluding carboxylic acids is 2. The van der Waals surface area contributed by atoms with E-state index in [4.69, 9.17) is 4.74 Å². The second-order valence-corrected chi connectivity index (χ2v) is 3.28. The van der Waals surface area contributed by atoms with Crippen molar-refractivity contribution in [1.82, 2.24) is 0 Å². The maximum atomic E-state index is 11.1. The van der Waals surface area contributed by atoms with Crippen molar-refractivity contribution in [2.24, 2.45) is 5.92 Å². The second-order valence-electron chi connectivity index (χ2n) is 3.28. The normalized spacial score (nSPS) is 12.8. The standard InChI is InChI=1S/C11H18O3/c1-4-5-6-7-8-14-11(13)9(2)10(3)12/h7-9H,4-6H2,1-3H3. The van der Waals surface area contributed by atoms with Crippen LogP contribution in [0.2, 0.25) is 0 Å². The molecule has 0 aliphatic carbocycles. The quantitative estimate of drug-likeness (QED) is 0.285. The second kappa shape index (κ2) is 7.30. The Balaban J connectivity index is 3.73. The van der Waals surface area contributed by atoms with Crippen molar-refractivity contribution in [1.29, 1.82) is 0 Å². The smallest absolute Gasteiger partial charge is 0.320 e. The number of unbranched alkanes of at least 4 members (excludes halogenated alkanes) is 2. The van der Waals surface area contributed by atoms with Crippen molar-refractivity contribution in [3.05, 3.63) is 12.3 Å². The van der Waals surface area contributed by atoms with Gasteiger partial charge in [-0.3, -0.25) is 9.59 Å². The third-order valence-corrected chi connectivity index (χ3v) is 1.97. The molecule has 0 aromatic carbocycles. The van der Waals surface area contributed by atoms with Crippen molar-refractivity contribution < 1.29 is 14.3 Å². The monoisotopic (exact) mass is 198 g/mol. The lowest BCUT2D eigenvalue weighted by molar-refractivity contribution is -0.145. The van der Waals surface area contributed by atoms with Crippen LogP contribution in [0.4, 0.5) is 0 Å². The summed E-state index contributed by atoms with van der Waals surface area (Å²) in [5.41, 5.74) is 0. The SMILES string of the molecule is CCCCC=COC(=O)C(C)C(C)=O. The fraction of sp³-hybridized carbons (Fsp3) is 0.636. The summed E-state index contributed by atoms with van der Waals surface area (Å²) >= 11 is 0. The molecular formula is C11H18O3. The van der Waals surface area contributed by atoms with Gasteiger partial charge in [0.25, 0.3) is 0 Å². The Kier molecular flexibility index (Phi) is 6.72. The highest BCUT2D eigenvalue weighted by Gasteiger charge is 2.17. The van der Waals surface area contributed by atoms with Crippen LogP contribution in [0.15, 0.2) is 12.3 Å². The number of esters is 1. The Bertz CT molecular complexity index is 219. The molecule has 0 aromatic rings. The zero-order chi connectivity index (χ0) is 11.0. The average molecular weight is 198 g/mol. The third kappa shape index (κ3) is 5.51. The van der Waals surface area contributed by atoms with Gasteiger partial charge in [-0.15, -0.1) is 0 Å². The molecule has 0 saturated carbocycles. The van der Waals surface area contributed by atoms with Crippen LogP contribution < -0.4 is 0 Å². The van der Waals surface area contributed by atoms with E-state index in [-0.39, 0.29) is 5.78 Å². The maximum Gasteiger partial charge on any atom is 0.320 e. The van der Waals surface area contributed by atoms with Gasteiger partial charge in [0, 0.05) is 0 Å². The molecule has 0 radical (unpaired) electrons. The molecule has 0 heterocycles. The first kappa shape index (κ1) is 12.9. The largest absolute Gasteiger partial charge is 0.434 e. The predicted molar refractivity (Wildman–Crippen MR) is 54.6 cm³/mol. The van der Waals surface area contributed by atoms with E-state index in [1.807, 2.05) is 0 Å². The summed E-state index contributed by atoms with van der Waals surface area (Å²) in [5.74, 6) is -1.31. The summed E-state index contributed by atoms with van der Waals surface area (Å²) in [6, 6.07) is 0. The Labute approximate surface area is 85.1 Å². The molecule has 0 saturated heterocycles. The van der Waals surface area contributed by atoms with E-state index in [1.165, 1.54) is 13.2 Å². The molecule has 0 aromatic heterocycles. The minimum atomic E-state index is -0.661. The molecule has 1 unspecified atom stereocenters. The van der Waals surface area contributed by atoms with Crippen molar-refractivity contribution in [3.63, 3.8) is 0 Å². The van der Waals surface area contributed by atoms with E-state index in [0.717, 1.165) is 19.3 Å². The van der Waals surface area contributed by atoms with Crippen LogP contribution in [0.25, 0.3) is 0 Å². The van der Waals surface area contributed by atoms with Gasteiger partial charge in [-0.25, -0.2) is 0 Å². The number of allylic oxidation sites excluding steroid dienone is 1. The first-order chi connectivity index (χ1) is 6.59. The molecule has 3 nitrogen and oxygen atoms in total. The van der Waals surface area contributed by atoms with Gasteiger partial charge in [0.2, 0.25) is 0 Å². The molecule has 3 heteroatoms. The molecule has 1 atom stereocenters. The minimum absolute atomic E-state index is 0.169. The molecule has 0 aliphatic rings. The van der Waals surface area contributed by atoms with Crippen LogP contribution in [0.5, 0.6) is 0 Å². The molecule has 0 N–H and O–H groups in total. The summed E-state index contributed by atoms with van der Waals surface area (Å²) in [6.07, 6.45) is 6.27. The zero-order valence-corrected chi connectivity index (χ0v) is 9.08. The van der Waals surface area contributed by atoms with Gasteiger partial charge in [0.15, 0.2) is 0 Å². The summed E-state index contributed by atoms with van der Waals surface area (Å²) in [5, 5.41) is 0. The van der Waals surface area contributed by atoms with Gasteiger partial charge in [-0.05, 0) is 32.8 Å². The highest BCUT2D eigenvalue weighted by atomic mass is 16.5. The zero-order valence-electron chi connectivity index (χ0n) is 9.08. The van der Waals surface area contributed by atoms with Gasteiger partial charge in [-0.2, -0.15) is 0 Å². The first-order valence-corrected chi connectivity index (χ1v) is 4.95. The van der Waals surface area contributed by atoms with Crippen LogP contribution in [0, 0.1) is 5.92 Å². The molecule has 0 bridgehead atoms. The van der Waals surface area contributed by atoms with Gasteiger partial charge < -0.3 is 4.74 Å². The Hall–Kier alpha value is -1.12. The number of carbonyl (C=O) groups is 2. The summed E-state index contributed by atoms with van der Waals surface area (Å²) in [6.45, 7) is 5.02. The lowest BCUT2D eigenvalue weighted by Gasteiger charge is -2.03. The molecule has 0 aliphatic heterocycles. The number of hydrogen-bond donors (Lipinski definition) is 0. The number of hydrogen-bond acceptors (Lipinski definition) is 3. The highest BCUT2D eigenvalue weighted by molar-refractivity contribution is 5.97. The van der Waals surface area contributed by atoms with Crippen LogP contribution >= 0.6 is 0 Å². The average Bonchev–Trinajstić information content (AvgIpc) is 2.16. The fourth-order valence-electron chi connectivity index (χ4n) is 0.773. The molecule has 0 rings (SSSR count). The Morgan fingerprint density at radius 3 is 2.57 bits per heavy atom. The van der Waals surface area contributed by atoms with Gasteiger partial charge in [0.05, 0.1) is 6.26 Å². The van der Waals surface area contributed by atoms with Crippen molar-refractivity contribution in [3.8, 4) is 0 Å². The van der Waals surface area contributed by atoms with Crippen molar-refractivity contribution >= 4 is 11.8 Å². The fourth-order valence-corrected chi connectivity index (χ4v) is 0.773. The van der Waals surface area contributed by atoms with Crippen LogP contribution in [0.1, 0.15) is 40.0 Å². The summed E-state index contributed by atoms with van der Waals surface area (Å²) < 4.78 is 4.77. The molecular weight excluding hydrogens is 180 g/mol. The lowest BCUT2D eigenvalue weighted by Crippen LogP contribution is -2.19. The minimum Gasteiger partial charge on any atom is -0.434 e. The van der Waals surface area contributed by atoms with Crippen LogP contribution in [-0.4, -0.2) is 11.8 Å². The summed E-state index contributed by atoms with van der Waals surface area (Å²) in [4.78, 5) is 21.9. The molecule has 0 spiro atoms. The Morgan fingerprint density at radius 2 is 2.07 bits per heavy atom. The third-order valence-electron chi connectivity index (χ3n) is 1.97. The first-order valence-electron chi connectivity index (χ1n) is 4.95. The predicted octanol–water partition coefficient (Wildman–Crippen LogP) is 2.46. The molecule has 14 heavy (non-hydrogen) atoms. The number of ketones is 1. The summed E-state index contributed by atoms with van der Waals surface area (Å²) in [7, 11) is 0. The molecule has 80 valence electrons. The van der Waals surface area contributed by atoms with Crippen LogP contribution in [-0.2, 0) is 14.3 Å². The molecule has 0 fully saturated rings. The highest BCUT2D eigenvalue weighted by Crippen LogP contribution is 2.01. The topological polar surface area (TPSA) is 43.4 Å². The van der Waals surface area contributed by atoms with Crippen LogP contribution in [0.3, 0.4) is 0 Å². The van der Waals surface area contributed by atoms with E-state index >= 15 is 0 Å². The van der Waals surface area contributed by atoms with E-state index < -0.39 is 11.9 Å². The van der Waals surface area contributed by atoms with Gasteiger partial charge in [-0.1, -0.05) is 13.3 Å². The van der Waals surface area contributed by atoms with Gasteiger partial charge in [0.1, 0.15) is 11.7 Å².